The van der Waals surface area contributed by atoms with Crippen molar-refractivity contribution in [2.75, 3.05) is 26.2 Å². The third kappa shape index (κ3) is 2.44. The molecule has 0 atom stereocenters. The molecule has 0 spiro atoms. The average Bonchev–Trinajstić information content (AvgIpc) is 2.70. The van der Waals surface area contributed by atoms with E-state index >= 15 is 0 Å². The molecule has 0 saturated heterocycles. The van der Waals surface area contributed by atoms with Crippen LogP contribution in [0.3, 0.4) is 0 Å². The highest BCUT2D eigenvalue weighted by molar-refractivity contribution is 6.10. The topological polar surface area (TPSA) is 60.9 Å². The summed E-state index contributed by atoms with van der Waals surface area (Å²) in [6.07, 6.45) is 0. The third-order valence-corrected chi connectivity index (χ3v) is 3.44. The smallest absolute Gasteiger partial charge is 0.259 e. The van der Waals surface area contributed by atoms with Gasteiger partial charge in [-0.05, 0) is 13.0 Å². The van der Waals surface area contributed by atoms with Crippen molar-refractivity contribution < 1.29 is 14.7 Å². The van der Waals surface area contributed by atoms with Crippen LogP contribution in [0.5, 0.6) is 0 Å². The minimum absolute atomic E-state index is 0.0415. The lowest BCUT2D eigenvalue weighted by atomic mass is 10.1. The molecule has 2 rings (SSSR count). The molecule has 1 N–H and O–H groups in total. The summed E-state index contributed by atoms with van der Waals surface area (Å²) in [5.74, 6) is -0.386. The maximum Gasteiger partial charge on any atom is 0.259 e. The molecule has 1 aromatic carbocycles. The van der Waals surface area contributed by atoms with Crippen LogP contribution in [0.15, 0.2) is 30.8 Å². The number of likely N-dealkylation sites (N-methyl/N-ethyl adjacent to an activating group) is 1. The largest absolute Gasteiger partial charge is 0.395 e. The lowest BCUT2D eigenvalue weighted by molar-refractivity contribution is -0.131. The first-order valence-electron chi connectivity index (χ1n) is 6.59. The number of hydrogen-bond acceptors (Lipinski definition) is 3. The molecule has 20 heavy (non-hydrogen) atoms. The Balaban J connectivity index is 2.14. The van der Waals surface area contributed by atoms with Gasteiger partial charge in [0, 0.05) is 29.9 Å². The lowest BCUT2D eigenvalue weighted by Gasteiger charge is -2.24. The van der Waals surface area contributed by atoms with Gasteiger partial charge in [0.05, 0.1) is 6.61 Å². The molecule has 0 fully saturated rings. The number of fused-ring (bicyclic) bond motifs is 1. The number of aliphatic hydroxyl groups excluding tert-OH is 1. The van der Waals surface area contributed by atoms with E-state index in [4.69, 9.17) is 5.11 Å². The molecule has 0 aliphatic carbocycles. The van der Waals surface area contributed by atoms with Crippen molar-refractivity contribution in [2.24, 2.45) is 0 Å². The fraction of sp³-hybridized carbons (Fsp3) is 0.333. The summed E-state index contributed by atoms with van der Waals surface area (Å²) >= 11 is 0. The third-order valence-electron chi connectivity index (χ3n) is 3.44. The minimum Gasteiger partial charge on any atom is -0.395 e. The van der Waals surface area contributed by atoms with Crippen LogP contribution in [0.1, 0.15) is 22.8 Å². The van der Waals surface area contributed by atoms with E-state index in [9.17, 15) is 9.59 Å². The summed E-state index contributed by atoms with van der Waals surface area (Å²) in [7, 11) is 0. The van der Waals surface area contributed by atoms with Gasteiger partial charge < -0.3 is 10.0 Å². The van der Waals surface area contributed by atoms with Crippen LogP contribution in [0.25, 0.3) is 5.70 Å². The molecule has 0 aromatic heterocycles. The fourth-order valence-electron chi connectivity index (χ4n) is 2.32. The minimum atomic E-state index is -0.195. The molecule has 106 valence electrons. The van der Waals surface area contributed by atoms with Gasteiger partial charge in [0.25, 0.3) is 5.91 Å². The van der Waals surface area contributed by atoms with E-state index < -0.39 is 0 Å². The standard InChI is InChI=1S/C15H18N2O3/c1-3-16(8-9-18)14(19)10-17-11(2)12-6-4-5-7-13(12)15(17)20/h4-7,18H,2-3,8-10H2,1H3. The van der Waals surface area contributed by atoms with Crippen molar-refractivity contribution in [3.05, 3.63) is 42.0 Å². The molecule has 1 heterocycles. The van der Waals surface area contributed by atoms with Crippen molar-refractivity contribution >= 4 is 17.5 Å². The number of hydrogen-bond donors (Lipinski definition) is 1. The molecule has 0 radical (unpaired) electrons. The van der Waals surface area contributed by atoms with E-state index in [1.807, 2.05) is 19.1 Å². The lowest BCUT2D eigenvalue weighted by Crippen LogP contribution is -2.41. The average molecular weight is 274 g/mol. The Kier molecular flexibility index (Phi) is 4.20. The summed E-state index contributed by atoms with van der Waals surface area (Å²) in [5, 5.41) is 8.93. The van der Waals surface area contributed by atoms with Crippen LogP contribution in [0, 0.1) is 0 Å². The Bertz CT molecular complexity index is 519. The van der Waals surface area contributed by atoms with Crippen molar-refractivity contribution in [1.29, 1.82) is 0 Å². The van der Waals surface area contributed by atoms with Crippen LogP contribution in [-0.2, 0) is 4.79 Å². The summed E-state index contributed by atoms with van der Waals surface area (Å²) in [5.41, 5.74) is 1.91. The molecule has 1 aliphatic rings. The van der Waals surface area contributed by atoms with Gasteiger partial charge in [0.2, 0.25) is 5.91 Å². The summed E-state index contributed by atoms with van der Waals surface area (Å²) < 4.78 is 0. The first kappa shape index (κ1) is 14.3. The maximum atomic E-state index is 12.3. The summed E-state index contributed by atoms with van der Waals surface area (Å²) in [6, 6.07) is 7.19. The second-order valence-electron chi connectivity index (χ2n) is 4.58. The van der Waals surface area contributed by atoms with Crippen LogP contribution in [-0.4, -0.2) is 53.0 Å². The van der Waals surface area contributed by atoms with E-state index in [0.717, 1.165) is 5.56 Å². The molecule has 1 aromatic rings. The van der Waals surface area contributed by atoms with Gasteiger partial charge in [-0.2, -0.15) is 0 Å². The monoisotopic (exact) mass is 274 g/mol. The first-order chi connectivity index (χ1) is 9.60. The molecule has 1 aliphatic heterocycles. The van der Waals surface area contributed by atoms with Gasteiger partial charge >= 0.3 is 0 Å². The second-order valence-corrected chi connectivity index (χ2v) is 4.58. The van der Waals surface area contributed by atoms with Crippen LogP contribution >= 0.6 is 0 Å². The number of amides is 2. The zero-order valence-electron chi connectivity index (χ0n) is 11.5. The van der Waals surface area contributed by atoms with Gasteiger partial charge in [-0.25, -0.2) is 0 Å². The highest BCUT2D eigenvalue weighted by Crippen LogP contribution is 2.30. The number of carbonyl (C=O) groups is 2. The van der Waals surface area contributed by atoms with Crippen LogP contribution < -0.4 is 0 Å². The summed E-state index contributed by atoms with van der Waals surface area (Å²) in [4.78, 5) is 27.3. The van der Waals surface area contributed by atoms with Gasteiger partial charge in [-0.1, -0.05) is 24.8 Å². The Morgan fingerprint density at radius 3 is 2.55 bits per heavy atom. The Morgan fingerprint density at radius 1 is 1.35 bits per heavy atom. The molecule has 0 bridgehead atoms. The molecule has 5 heteroatoms. The molecule has 0 saturated carbocycles. The van der Waals surface area contributed by atoms with Gasteiger partial charge in [0.1, 0.15) is 6.54 Å². The predicted molar refractivity (Wildman–Crippen MR) is 75.9 cm³/mol. The number of carbonyl (C=O) groups excluding carboxylic acids is 2. The Hall–Kier alpha value is -2.14. The van der Waals surface area contributed by atoms with Gasteiger partial charge in [-0.15, -0.1) is 0 Å². The van der Waals surface area contributed by atoms with Gasteiger partial charge in [-0.3, -0.25) is 14.5 Å². The van der Waals surface area contributed by atoms with Crippen molar-refractivity contribution in [1.82, 2.24) is 9.80 Å². The molecule has 0 unspecified atom stereocenters. The number of aliphatic hydroxyl groups is 1. The highest BCUT2D eigenvalue weighted by Gasteiger charge is 2.32. The van der Waals surface area contributed by atoms with E-state index in [-0.39, 0.29) is 31.5 Å². The van der Waals surface area contributed by atoms with Crippen molar-refractivity contribution in [2.45, 2.75) is 6.92 Å². The zero-order valence-corrected chi connectivity index (χ0v) is 11.5. The van der Waals surface area contributed by atoms with E-state index in [2.05, 4.69) is 6.58 Å². The van der Waals surface area contributed by atoms with Crippen LogP contribution in [0.2, 0.25) is 0 Å². The van der Waals surface area contributed by atoms with E-state index in [1.54, 1.807) is 12.1 Å². The van der Waals surface area contributed by atoms with Crippen molar-refractivity contribution in [3.63, 3.8) is 0 Å². The first-order valence-corrected chi connectivity index (χ1v) is 6.59. The predicted octanol–water partition coefficient (Wildman–Crippen LogP) is 0.954. The van der Waals surface area contributed by atoms with Gasteiger partial charge in [0.15, 0.2) is 0 Å². The van der Waals surface area contributed by atoms with E-state index in [1.165, 1.54) is 9.80 Å². The molecular weight excluding hydrogens is 256 g/mol. The fourth-order valence-corrected chi connectivity index (χ4v) is 2.32. The molecular formula is C15H18N2O3. The number of rotatable bonds is 5. The quantitative estimate of drug-likeness (QED) is 0.869. The number of nitrogens with zero attached hydrogens (tertiary/aromatic N) is 2. The van der Waals surface area contributed by atoms with Crippen molar-refractivity contribution in [3.8, 4) is 0 Å². The SMILES string of the molecule is C=C1c2ccccc2C(=O)N1CC(=O)N(CC)CCO. The summed E-state index contributed by atoms with van der Waals surface area (Å²) in [6.45, 7) is 6.38. The molecule has 5 nitrogen and oxygen atoms in total. The number of benzene rings is 1. The Morgan fingerprint density at radius 2 is 2.00 bits per heavy atom. The van der Waals surface area contributed by atoms with E-state index in [0.29, 0.717) is 17.8 Å². The normalized spacial score (nSPS) is 13.6. The second kappa shape index (κ2) is 5.88. The Labute approximate surface area is 118 Å². The maximum absolute atomic E-state index is 12.3. The molecule has 2 amide bonds. The highest BCUT2D eigenvalue weighted by atomic mass is 16.3. The van der Waals surface area contributed by atoms with Crippen LogP contribution in [0.4, 0.5) is 0 Å². The zero-order chi connectivity index (χ0) is 14.7.